The van der Waals surface area contributed by atoms with E-state index in [1.807, 2.05) is 0 Å². The van der Waals surface area contributed by atoms with E-state index < -0.39 is 0 Å². The summed E-state index contributed by atoms with van der Waals surface area (Å²) < 4.78 is 20.0. The van der Waals surface area contributed by atoms with Crippen LogP contribution in [0.3, 0.4) is 0 Å². The molecule has 6 nitrogen and oxygen atoms in total. The first-order valence-corrected chi connectivity index (χ1v) is 7.41. The zero-order chi connectivity index (χ0) is 16.4. The van der Waals surface area contributed by atoms with Crippen LogP contribution in [-0.2, 0) is 28.5 Å². The fraction of sp³-hybridized carbons (Fsp3) is 0.625. The number of carbonyl (C=O) groups is 2. The largest absolute Gasteiger partial charge is 0.460 e. The molecule has 0 aromatic heterocycles. The lowest BCUT2D eigenvalue weighted by Gasteiger charge is -2.09. The maximum atomic E-state index is 10.9. The molecule has 6 heteroatoms. The van der Waals surface area contributed by atoms with Crippen molar-refractivity contribution >= 4 is 11.9 Å². The lowest BCUT2D eigenvalue weighted by molar-refractivity contribution is -0.164. The first-order valence-electron chi connectivity index (χ1n) is 7.41. The van der Waals surface area contributed by atoms with Gasteiger partial charge in [-0.15, -0.1) is 0 Å². The van der Waals surface area contributed by atoms with Crippen molar-refractivity contribution in [3.63, 3.8) is 0 Å². The summed E-state index contributed by atoms with van der Waals surface area (Å²) in [5, 5.41) is 0. The number of hydrogen-bond acceptors (Lipinski definition) is 6. The van der Waals surface area contributed by atoms with Crippen LogP contribution in [0.1, 0.15) is 32.6 Å². The Morgan fingerprint density at radius 2 is 1.91 bits per heavy atom. The number of hydrogen-bond donors (Lipinski definition) is 0. The van der Waals surface area contributed by atoms with E-state index in [1.165, 1.54) is 0 Å². The Morgan fingerprint density at radius 3 is 2.41 bits per heavy atom. The van der Waals surface area contributed by atoms with Crippen molar-refractivity contribution in [1.29, 1.82) is 0 Å². The van der Waals surface area contributed by atoms with Crippen LogP contribution in [0.4, 0.5) is 0 Å². The van der Waals surface area contributed by atoms with Crippen molar-refractivity contribution in [2.45, 2.75) is 45.0 Å². The molecule has 0 aromatic carbocycles. The molecule has 0 saturated carbocycles. The van der Waals surface area contributed by atoms with Gasteiger partial charge >= 0.3 is 11.9 Å². The molecule has 2 atom stereocenters. The van der Waals surface area contributed by atoms with Gasteiger partial charge in [0.1, 0.15) is 6.61 Å². The Morgan fingerprint density at radius 1 is 1.23 bits per heavy atom. The number of ether oxygens (including phenoxy) is 4. The highest BCUT2D eigenvalue weighted by atomic mass is 16.7. The molecule has 0 aromatic rings. The highest BCUT2D eigenvalue weighted by molar-refractivity contribution is 5.87. The fourth-order valence-electron chi connectivity index (χ4n) is 1.87. The van der Waals surface area contributed by atoms with Crippen molar-refractivity contribution in [3.05, 3.63) is 24.8 Å². The van der Waals surface area contributed by atoms with Crippen molar-refractivity contribution < 1.29 is 28.5 Å². The van der Waals surface area contributed by atoms with E-state index in [0.29, 0.717) is 18.8 Å². The number of rotatable bonds is 5. The Balaban J connectivity index is 0.000000220. The maximum Gasteiger partial charge on any atom is 0.335 e. The molecule has 124 valence electrons. The predicted octanol–water partition coefficient (Wildman–Crippen LogP) is 2.14. The lowest BCUT2D eigenvalue weighted by atomic mass is 10.2. The van der Waals surface area contributed by atoms with Crippen LogP contribution >= 0.6 is 0 Å². The molecule has 2 aliphatic heterocycles. The van der Waals surface area contributed by atoms with Crippen molar-refractivity contribution in [1.82, 2.24) is 0 Å². The second kappa shape index (κ2) is 10.1. The average Bonchev–Trinajstić information content (AvgIpc) is 3.18. The monoisotopic (exact) mass is 312 g/mol. The Kier molecular flexibility index (Phi) is 8.47. The minimum Gasteiger partial charge on any atom is -0.460 e. The van der Waals surface area contributed by atoms with Gasteiger partial charge in [-0.25, -0.2) is 9.59 Å². The second-order valence-corrected chi connectivity index (χ2v) is 5.10. The molecule has 2 saturated heterocycles. The molecule has 22 heavy (non-hydrogen) atoms. The molecular formula is C16H24O6. The Hall–Kier alpha value is -1.66. The summed E-state index contributed by atoms with van der Waals surface area (Å²) in [6.07, 6.45) is 4.76. The van der Waals surface area contributed by atoms with Crippen LogP contribution < -0.4 is 0 Å². The van der Waals surface area contributed by atoms with E-state index in [-0.39, 0.29) is 24.3 Å². The van der Waals surface area contributed by atoms with Gasteiger partial charge in [0.05, 0.1) is 12.7 Å². The van der Waals surface area contributed by atoms with Gasteiger partial charge in [0.15, 0.2) is 0 Å². The van der Waals surface area contributed by atoms with Crippen LogP contribution in [0.25, 0.3) is 0 Å². The molecule has 0 spiro atoms. The molecule has 2 heterocycles. The van der Waals surface area contributed by atoms with Crippen LogP contribution in [0.5, 0.6) is 0 Å². The minimum absolute atomic E-state index is 0.110. The smallest absolute Gasteiger partial charge is 0.335 e. The minimum atomic E-state index is -0.375. The van der Waals surface area contributed by atoms with Gasteiger partial charge in [0.2, 0.25) is 6.29 Å². The molecule has 2 fully saturated rings. The Bertz CT molecular complexity index is 389. The quantitative estimate of drug-likeness (QED) is 0.572. The summed E-state index contributed by atoms with van der Waals surface area (Å²) in [5.41, 5.74) is 0.417. The first kappa shape index (κ1) is 18.4. The highest BCUT2D eigenvalue weighted by Crippen LogP contribution is 2.14. The summed E-state index contributed by atoms with van der Waals surface area (Å²) in [4.78, 5) is 21.5. The first-order chi connectivity index (χ1) is 10.5. The SMILES string of the molecule is C=C(C)C(=O)OC1CCCO1.C=CC(=O)OCC1CCCO1. The number of carbonyl (C=O) groups excluding carboxylic acids is 2. The summed E-state index contributed by atoms with van der Waals surface area (Å²) in [6.45, 7) is 10.2. The summed E-state index contributed by atoms with van der Waals surface area (Å²) in [6, 6.07) is 0. The molecule has 0 bridgehead atoms. The molecule has 2 aliphatic rings. The highest BCUT2D eigenvalue weighted by Gasteiger charge is 2.19. The van der Waals surface area contributed by atoms with Crippen LogP contribution in [0.2, 0.25) is 0 Å². The maximum absolute atomic E-state index is 10.9. The molecule has 2 unspecified atom stereocenters. The van der Waals surface area contributed by atoms with Crippen LogP contribution in [0.15, 0.2) is 24.8 Å². The van der Waals surface area contributed by atoms with E-state index >= 15 is 0 Å². The van der Waals surface area contributed by atoms with Gasteiger partial charge in [-0.2, -0.15) is 0 Å². The topological polar surface area (TPSA) is 71.1 Å². The predicted molar refractivity (Wildman–Crippen MR) is 80.0 cm³/mol. The van der Waals surface area contributed by atoms with Crippen LogP contribution in [0, 0.1) is 0 Å². The van der Waals surface area contributed by atoms with E-state index in [2.05, 4.69) is 13.2 Å². The standard InChI is InChI=1S/2C8H12O3/c1-6(2)8(9)11-7-4-3-5-10-7;1-2-8(9)11-6-7-4-3-5-10-7/h7H,1,3-5H2,2H3;2,7H,1,3-6H2. The third-order valence-electron chi connectivity index (χ3n) is 3.08. The average molecular weight is 312 g/mol. The van der Waals surface area contributed by atoms with Gasteiger partial charge in [-0.3, -0.25) is 0 Å². The van der Waals surface area contributed by atoms with E-state index in [1.54, 1.807) is 6.92 Å². The Labute approximate surface area is 131 Å². The zero-order valence-electron chi connectivity index (χ0n) is 13.0. The molecule has 0 amide bonds. The lowest BCUT2D eigenvalue weighted by Crippen LogP contribution is -2.16. The van der Waals surface area contributed by atoms with Gasteiger partial charge in [-0.05, 0) is 26.2 Å². The van der Waals surface area contributed by atoms with E-state index in [9.17, 15) is 9.59 Å². The third kappa shape index (κ3) is 7.38. The number of esters is 2. The van der Waals surface area contributed by atoms with Crippen molar-refractivity contribution in [3.8, 4) is 0 Å². The zero-order valence-corrected chi connectivity index (χ0v) is 13.0. The molecule has 0 N–H and O–H groups in total. The summed E-state index contributed by atoms with van der Waals surface area (Å²) in [5.74, 6) is -0.739. The van der Waals surface area contributed by atoms with Gasteiger partial charge in [0.25, 0.3) is 0 Å². The molecule has 0 radical (unpaired) electrons. The normalized spacial score (nSPS) is 23.1. The summed E-state index contributed by atoms with van der Waals surface area (Å²) in [7, 11) is 0. The van der Waals surface area contributed by atoms with E-state index in [4.69, 9.17) is 18.9 Å². The van der Waals surface area contributed by atoms with Crippen molar-refractivity contribution in [2.75, 3.05) is 19.8 Å². The fourth-order valence-corrected chi connectivity index (χ4v) is 1.87. The van der Waals surface area contributed by atoms with Crippen molar-refractivity contribution in [2.24, 2.45) is 0 Å². The molecule has 2 rings (SSSR count). The molecular weight excluding hydrogens is 288 g/mol. The van der Waals surface area contributed by atoms with E-state index in [0.717, 1.165) is 38.4 Å². The van der Waals surface area contributed by atoms with Gasteiger partial charge in [0, 0.05) is 24.7 Å². The van der Waals surface area contributed by atoms with Gasteiger partial charge in [-0.1, -0.05) is 13.2 Å². The second-order valence-electron chi connectivity index (χ2n) is 5.10. The summed E-state index contributed by atoms with van der Waals surface area (Å²) >= 11 is 0. The molecule has 0 aliphatic carbocycles. The van der Waals surface area contributed by atoms with Gasteiger partial charge < -0.3 is 18.9 Å². The third-order valence-corrected chi connectivity index (χ3v) is 3.08. The van der Waals surface area contributed by atoms with Crippen LogP contribution in [-0.4, -0.2) is 44.2 Å².